The zero-order valence-electron chi connectivity index (χ0n) is 11.2. The molecule has 18 heavy (non-hydrogen) atoms. The van der Waals surface area contributed by atoms with E-state index in [1.54, 1.807) is 13.2 Å². The molecule has 1 heterocycles. The van der Waals surface area contributed by atoms with E-state index >= 15 is 0 Å². The summed E-state index contributed by atoms with van der Waals surface area (Å²) in [6.07, 6.45) is 0. The zero-order valence-corrected chi connectivity index (χ0v) is 11.2. The number of hydrogen-bond donors (Lipinski definition) is 1. The molecule has 2 rings (SSSR count). The number of nitrogens with two attached hydrogens (primary N) is 1. The molecule has 0 saturated carbocycles. The number of rotatable bonds is 3. The molecule has 4 heteroatoms. The van der Waals surface area contributed by atoms with Gasteiger partial charge in [0.05, 0.1) is 7.11 Å². The Kier molecular flexibility index (Phi) is 3.28. The van der Waals surface area contributed by atoms with Gasteiger partial charge >= 0.3 is 0 Å². The molecule has 4 nitrogen and oxygen atoms in total. The van der Waals surface area contributed by atoms with E-state index in [1.165, 1.54) is 5.56 Å². The van der Waals surface area contributed by atoms with E-state index in [-0.39, 0.29) is 0 Å². The van der Waals surface area contributed by atoms with Gasteiger partial charge in [0.1, 0.15) is 11.4 Å². The SMILES string of the molecule is COc1c(C)ccc(C(C)C)c1-c1cc(N)on1. The van der Waals surface area contributed by atoms with Gasteiger partial charge < -0.3 is 15.0 Å². The topological polar surface area (TPSA) is 61.3 Å². The third-order valence-electron chi connectivity index (χ3n) is 3.00. The van der Waals surface area contributed by atoms with Gasteiger partial charge in [0, 0.05) is 11.6 Å². The average Bonchev–Trinajstić information content (AvgIpc) is 2.74. The second-order valence-electron chi connectivity index (χ2n) is 4.65. The highest BCUT2D eigenvalue weighted by Crippen LogP contribution is 2.39. The number of methoxy groups -OCH3 is 1. The summed E-state index contributed by atoms with van der Waals surface area (Å²) in [5.74, 6) is 1.50. The first-order valence-electron chi connectivity index (χ1n) is 5.94. The molecule has 0 saturated heterocycles. The van der Waals surface area contributed by atoms with Crippen molar-refractivity contribution in [3.63, 3.8) is 0 Å². The summed E-state index contributed by atoms with van der Waals surface area (Å²) in [7, 11) is 1.67. The molecule has 0 amide bonds. The summed E-state index contributed by atoms with van der Waals surface area (Å²) < 4.78 is 10.5. The number of aromatic nitrogens is 1. The van der Waals surface area contributed by atoms with Crippen LogP contribution in [0.5, 0.6) is 5.75 Å². The highest BCUT2D eigenvalue weighted by Gasteiger charge is 2.19. The van der Waals surface area contributed by atoms with Gasteiger partial charge in [0.25, 0.3) is 0 Å². The third kappa shape index (κ3) is 2.06. The number of benzene rings is 1. The van der Waals surface area contributed by atoms with E-state index in [0.29, 0.717) is 11.8 Å². The van der Waals surface area contributed by atoms with Crippen LogP contribution in [0.3, 0.4) is 0 Å². The fourth-order valence-corrected chi connectivity index (χ4v) is 2.12. The number of aryl methyl sites for hydroxylation is 1. The van der Waals surface area contributed by atoms with Crippen molar-refractivity contribution in [2.75, 3.05) is 12.8 Å². The molecule has 2 aromatic rings. The molecule has 0 spiro atoms. The van der Waals surface area contributed by atoms with Gasteiger partial charge in [-0.05, 0) is 24.0 Å². The average molecular weight is 246 g/mol. The van der Waals surface area contributed by atoms with E-state index in [0.717, 1.165) is 22.6 Å². The minimum atomic E-state index is 0.309. The lowest BCUT2D eigenvalue weighted by Crippen LogP contribution is -1.98. The molecule has 0 bridgehead atoms. The van der Waals surface area contributed by atoms with Crippen LogP contribution >= 0.6 is 0 Å². The molecule has 2 N–H and O–H groups in total. The maximum Gasteiger partial charge on any atom is 0.222 e. The van der Waals surface area contributed by atoms with E-state index in [9.17, 15) is 0 Å². The van der Waals surface area contributed by atoms with Gasteiger partial charge in [-0.2, -0.15) is 0 Å². The maximum absolute atomic E-state index is 5.60. The van der Waals surface area contributed by atoms with Crippen LogP contribution in [0.25, 0.3) is 11.3 Å². The second-order valence-corrected chi connectivity index (χ2v) is 4.65. The fourth-order valence-electron chi connectivity index (χ4n) is 2.12. The smallest absolute Gasteiger partial charge is 0.222 e. The lowest BCUT2D eigenvalue weighted by Gasteiger charge is -2.16. The maximum atomic E-state index is 5.60. The van der Waals surface area contributed by atoms with Crippen molar-refractivity contribution in [3.8, 4) is 17.0 Å². The molecule has 0 aliphatic carbocycles. The quantitative estimate of drug-likeness (QED) is 0.902. The Hall–Kier alpha value is -1.97. The van der Waals surface area contributed by atoms with Gasteiger partial charge in [-0.1, -0.05) is 31.1 Å². The first-order chi connectivity index (χ1) is 8.54. The van der Waals surface area contributed by atoms with E-state index in [4.69, 9.17) is 15.0 Å². The number of hydrogen-bond acceptors (Lipinski definition) is 4. The summed E-state index contributed by atoms with van der Waals surface area (Å²) >= 11 is 0. The van der Waals surface area contributed by atoms with Gasteiger partial charge in [-0.25, -0.2) is 0 Å². The minimum Gasteiger partial charge on any atom is -0.496 e. The highest BCUT2D eigenvalue weighted by atomic mass is 16.5. The van der Waals surface area contributed by atoms with Crippen molar-refractivity contribution in [1.82, 2.24) is 5.16 Å². The molecule has 0 fully saturated rings. The molecule has 1 aromatic carbocycles. The normalized spacial score (nSPS) is 10.9. The van der Waals surface area contributed by atoms with Crippen LogP contribution in [-0.2, 0) is 0 Å². The van der Waals surface area contributed by atoms with Crippen molar-refractivity contribution >= 4 is 5.88 Å². The van der Waals surface area contributed by atoms with Crippen molar-refractivity contribution in [3.05, 3.63) is 29.3 Å². The molecular weight excluding hydrogens is 228 g/mol. The molecule has 0 aliphatic heterocycles. The van der Waals surface area contributed by atoms with Gasteiger partial charge in [-0.15, -0.1) is 0 Å². The number of ether oxygens (including phenoxy) is 1. The van der Waals surface area contributed by atoms with Gasteiger partial charge in [0.2, 0.25) is 5.88 Å². The Morgan fingerprint density at radius 1 is 1.33 bits per heavy atom. The summed E-state index contributed by atoms with van der Waals surface area (Å²) in [5.41, 5.74) is 9.53. The zero-order chi connectivity index (χ0) is 13.3. The van der Waals surface area contributed by atoms with E-state index in [2.05, 4.69) is 31.1 Å². The van der Waals surface area contributed by atoms with E-state index in [1.807, 2.05) is 6.92 Å². The summed E-state index contributed by atoms with van der Waals surface area (Å²) in [5, 5.41) is 4.00. The number of nitrogens with zero attached hydrogens (tertiary/aromatic N) is 1. The minimum absolute atomic E-state index is 0.309. The van der Waals surface area contributed by atoms with Crippen LogP contribution in [-0.4, -0.2) is 12.3 Å². The Balaban J connectivity index is 2.72. The lowest BCUT2D eigenvalue weighted by atomic mass is 9.92. The lowest BCUT2D eigenvalue weighted by molar-refractivity contribution is 0.410. The first kappa shape index (κ1) is 12.5. The predicted molar refractivity (Wildman–Crippen MR) is 71.7 cm³/mol. The Morgan fingerprint density at radius 3 is 2.56 bits per heavy atom. The number of anilines is 1. The first-order valence-corrected chi connectivity index (χ1v) is 5.94. The van der Waals surface area contributed by atoms with Crippen LogP contribution in [0.15, 0.2) is 22.7 Å². The predicted octanol–water partition coefficient (Wildman–Crippen LogP) is 3.36. The standard InChI is InChI=1S/C14H18N2O2/c1-8(2)10-6-5-9(3)14(17-4)13(10)11-7-12(15)18-16-11/h5-8H,15H2,1-4H3. The largest absolute Gasteiger partial charge is 0.496 e. The molecule has 0 radical (unpaired) electrons. The van der Waals surface area contributed by atoms with Gasteiger partial charge in [0.15, 0.2) is 0 Å². The van der Waals surface area contributed by atoms with Crippen LogP contribution in [0.2, 0.25) is 0 Å². The molecule has 0 aliphatic rings. The summed E-state index contributed by atoms with van der Waals surface area (Å²) in [6, 6.07) is 5.88. The monoisotopic (exact) mass is 246 g/mol. The molecule has 0 unspecified atom stereocenters. The Morgan fingerprint density at radius 2 is 2.06 bits per heavy atom. The van der Waals surface area contributed by atoms with Gasteiger partial charge in [-0.3, -0.25) is 0 Å². The highest BCUT2D eigenvalue weighted by molar-refractivity contribution is 5.74. The van der Waals surface area contributed by atoms with Crippen molar-refractivity contribution in [1.29, 1.82) is 0 Å². The Bertz CT molecular complexity index is 559. The third-order valence-corrected chi connectivity index (χ3v) is 3.00. The Labute approximate surface area is 107 Å². The van der Waals surface area contributed by atoms with E-state index < -0.39 is 0 Å². The summed E-state index contributed by atoms with van der Waals surface area (Å²) in [6.45, 7) is 6.28. The van der Waals surface area contributed by atoms with Crippen molar-refractivity contribution in [2.45, 2.75) is 26.7 Å². The fraction of sp³-hybridized carbons (Fsp3) is 0.357. The molecular formula is C14H18N2O2. The molecule has 96 valence electrons. The van der Waals surface area contributed by atoms with Crippen LogP contribution in [0.1, 0.15) is 30.9 Å². The van der Waals surface area contributed by atoms with Crippen molar-refractivity contribution < 1.29 is 9.26 Å². The summed E-state index contributed by atoms with van der Waals surface area (Å²) in [4.78, 5) is 0. The van der Waals surface area contributed by atoms with Crippen LogP contribution < -0.4 is 10.5 Å². The molecule has 1 aromatic heterocycles. The molecule has 0 atom stereocenters. The van der Waals surface area contributed by atoms with Crippen LogP contribution in [0, 0.1) is 6.92 Å². The number of nitrogen functional groups attached to an aromatic ring is 1. The van der Waals surface area contributed by atoms with Crippen molar-refractivity contribution in [2.24, 2.45) is 0 Å². The van der Waals surface area contributed by atoms with Crippen LogP contribution in [0.4, 0.5) is 5.88 Å². The second kappa shape index (κ2) is 4.72.